The predicted octanol–water partition coefficient (Wildman–Crippen LogP) is 3.57. The summed E-state index contributed by atoms with van der Waals surface area (Å²) in [5, 5.41) is 3.20. The number of unbranched alkanes of at least 4 members (excludes halogenated alkanes) is 2. The number of hydrogen-bond donors (Lipinski definition) is 1. The monoisotopic (exact) mass is 317 g/mol. The maximum atomic E-state index is 12.6. The summed E-state index contributed by atoms with van der Waals surface area (Å²) in [7, 11) is 1.37. The van der Waals surface area contributed by atoms with Gasteiger partial charge in [-0.3, -0.25) is 4.79 Å². The normalized spacial score (nSPS) is 11.5. The summed E-state index contributed by atoms with van der Waals surface area (Å²) in [6.07, 6.45) is -0.650. The fraction of sp³-hybridized carbons (Fsp3) is 0.562. The molecule has 0 amide bonds. The molecule has 0 aromatic heterocycles. The Labute approximate surface area is 128 Å². The molecule has 22 heavy (non-hydrogen) atoms. The molecule has 0 unspecified atom stereocenters. The number of carbonyl (C=O) groups is 1. The Balaban J connectivity index is 2.14. The number of halogens is 3. The molecule has 0 bridgehead atoms. The van der Waals surface area contributed by atoms with Crippen molar-refractivity contribution in [1.82, 2.24) is 5.32 Å². The lowest BCUT2D eigenvalue weighted by Gasteiger charge is -2.09. The van der Waals surface area contributed by atoms with Gasteiger partial charge in [0.15, 0.2) is 0 Å². The van der Waals surface area contributed by atoms with Crippen LogP contribution in [0, 0.1) is 0 Å². The predicted molar refractivity (Wildman–Crippen MR) is 78.5 cm³/mol. The molecule has 124 valence electrons. The SMILES string of the molecule is COC(=O)CCCCCNCCc1cccc(C(F)(F)F)c1. The molecule has 6 heteroatoms. The fourth-order valence-corrected chi connectivity index (χ4v) is 2.06. The molecule has 3 nitrogen and oxygen atoms in total. The molecule has 1 aromatic carbocycles. The molecule has 0 aliphatic heterocycles. The Bertz CT molecular complexity index is 461. The average molecular weight is 317 g/mol. The molecule has 1 aromatic rings. The van der Waals surface area contributed by atoms with Gasteiger partial charge in [-0.1, -0.05) is 24.6 Å². The molecule has 0 saturated carbocycles. The van der Waals surface area contributed by atoms with Crippen LogP contribution in [-0.4, -0.2) is 26.2 Å². The Morgan fingerprint density at radius 3 is 2.64 bits per heavy atom. The van der Waals surface area contributed by atoms with E-state index in [1.165, 1.54) is 19.2 Å². The summed E-state index contributed by atoms with van der Waals surface area (Å²) in [6, 6.07) is 5.41. The van der Waals surface area contributed by atoms with E-state index in [-0.39, 0.29) is 5.97 Å². The van der Waals surface area contributed by atoms with Gasteiger partial charge in [0.2, 0.25) is 0 Å². The van der Waals surface area contributed by atoms with Gasteiger partial charge in [0.1, 0.15) is 0 Å². The second-order valence-electron chi connectivity index (χ2n) is 5.08. The average Bonchev–Trinajstić information content (AvgIpc) is 2.49. The van der Waals surface area contributed by atoms with Crippen LogP contribution in [0.15, 0.2) is 24.3 Å². The quantitative estimate of drug-likeness (QED) is 0.559. The van der Waals surface area contributed by atoms with Crippen LogP contribution >= 0.6 is 0 Å². The van der Waals surface area contributed by atoms with Crippen molar-refractivity contribution in [3.8, 4) is 0 Å². The number of benzene rings is 1. The van der Waals surface area contributed by atoms with Gasteiger partial charge in [0.25, 0.3) is 0 Å². The van der Waals surface area contributed by atoms with Crippen molar-refractivity contribution in [3.05, 3.63) is 35.4 Å². The Kier molecular flexibility index (Phi) is 7.95. The van der Waals surface area contributed by atoms with Crippen molar-refractivity contribution in [1.29, 1.82) is 0 Å². The summed E-state index contributed by atoms with van der Waals surface area (Å²) in [6.45, 7) is 1.43. The van der Waals surface area contributed by atoms with Crippen LogP contribution in [-0.2, 0) is 22.1 Å². The van der Waals surface area contributed by atoms with Crippen molar-refractivity contribution in [3.63, 3.8) is 0 Å². The number of carbonyl (C=O) groups excluding carboxylic acids is 1. The minimum Gasteiger partial charge on any atom is -0.469 e. The second kappa shape index (κ2) is 9.46. The largest absolute Gasteiger partial charge is 0.469 e. The van der Waals surface area contributed by atoms with Crippen LogP contribution in [0.2, 0.25) is 0 Å². The Morgan fingerprint density at radius 2 is 1.95 bits per heavy atom. The topological polar surface area (TPSA) is 38.3 Å². The van der Waals surface area contributed by atoms with Gasteiger partial charge in [-0.15, -0.1) is 0 Å². The van der Waals surface area contributed by atoms with Gasteiger partial charge in [-0.2, -0.15) is 13.2 Å². The van der Waals surface area contributed by atoms with Crippen molar-refractivity contribution >= 4 is 5.97 Å². The van der Waals surface area contributed by atoms with Gasteiger partial charge in [0.05, 0.1) is 12.7 Å². The zero-order chi connectivity index (χ0) is 16.4. The molecule has 1 rings (SSSR count). The summed E-state index contributed by atoms with van der Waals surface area (Å²) in [4.78, 5) is 10.9. The summed E-state index contributed by atoms with van der Waals surface area (Å²) < 4.78 is 42.2. The molecule has 0 aliphatic rings. The number of alkyl halides is 3. The highest BCUT2D eigenvalue weighted by Gasteiger charge is 2.30. The third-order valence-corrected chi connectivity index (χ3v) is 3.31. The second-order valence-corrected chi connectivity index (χ2v) is 5.08. The molecule has 0 aliphatic carbocycles. The first-order chi connectivity index (χ1) is 10.4. The first-order valence-electron chi connectivity index (χ1n) is 7.37. The summed E-state index contributed by atoms with van der Waals surface area (Å²) >= 11 is 0. The minimum absolute atomic E-state index is 0.197. The van der Waals surface area contributed by atoms with Crippen LogP contribution in [0.5, 0.6) is 0 Å². The smallest absolute Gasteiger partial charge is 0.416 e. The zero-order valence-electron chi connectivity index (χ0n) is 12.7. The molecular formula is C16H22F3NO2. The maximum Gasteiger partial charge on any atom is 0.416 e. The van der Waals surface area contributed by atoms with E-state index >= 15 is 0 Å². The number of esters is 1. The zero-order valence-corrected chi connectivity index (χ0v) is 12.7. The van der Waals surface area contributed by atoms with Gasteiger partial charge < -0.3 is 10.1 Å². The number of methoxy groups -OCH3 is 1. The van der Waals surface area contributed by atoms with Gasteiger partial charge in [-0.25, -0.2) is 0 Å². The Morgan fingerprint density at radius 1 is 1.18 bits per heavy atom. The van der Waals surface area contributed by atoms with E-state index < -0.39 is 11.7 Å². The number of hydrogen-bond acceptors (Lipinski definition) is 3. The fourth-order valence-electron chi connectivity index (χ4n) is 2.06. The van der Waals surface area contributed by atoms with Crippen molar-refractivity contribution in [2.24, 2.45) is 0 Å². The number of rotatable bonds is 9. The molecule has 0 atom stereocenters. The third kappa shape index (κ3) is 7.45. The van der Waals surface area contributed by atoms with Crippen LogP contribution < -0.4 is 5.32 Å². The molecule has 0 spiro atoms. The molecule has 0 fully saturated rings. The van der Waals surface area contributed by atoms with E-state index in [0.717, 1.165) is 31.9 Å². The molecule has 1 N–H and O–H groups in total. The van der Waals surface area contributed by atoms with Crippen molar-refractivity contribution < 1.29 is 22.7 Å². The maximum absolute atomic E-state index is 12.6. The van der Waals surface area contributed by atoms with E-state index in [9.17, 15) is 18.0 Å². The van der Waals surface area contributed by atoms with E-state index in [0.29, 0.717) is 24.9 Å². The number of nitrogens with one attached hydrogen (secondary N) is 1. The van der Waals surface area contributed by atoms with Crippen LogP contribution in [0.25, 0.3) is 0 Å². The van der Waals surface area contributed by atoms with Crippen LogP contribution in [0.1, 0.15) is 36.8 Å². The highest BCUT2D eigenvalue weighted by atomic mass is 19.4. The van der Waals surface area contributed by atoms with Gasteiger partial charge in [0, 0.05) is 6.42 Å². The first kappa shape index (κ1) is 18.5. The molecule has 0 saturated heterocycles. The summed E-state index contributed by atoms with van der Waals surface area (Å²) in [5.41, 5.74) is 0.0702. The van der Waals surface area contributed by atoms with Crippen LogP contribution in [0.3, 0.4) is 0 Å². The lowest BCUT2D eigenvalue weighted by atomic mass is 10.1. The first-order valence-corrected chi connectivity index (χ1v) is 7.37. The van der Waals surface area contributed by atoms with E-state index in [4.69, 9.17) is 0 Å². The van der Waals surface area contributed by atoms with Crippen molar-refractivity contribution in [2.75, 3.05) is 20.2 Å². The standard InChI is InChI=1S/C16H22F3NO2/c1-22-15(21)8-3-2-4-10-20-11-9-13-6-5-7-14(12-13)16(17,18)19/h5-7,12,20H,2-4,8-11H2,1H3. The lowest BCUT2D eigenvalue weighted by Crippen LogP contribution is -2.18. The molecule has 0 radical (unpaired) electrons. The highest BCUT2D eigenvalue weighted by molar-refractivity contribution is 5.68. The highest BCUT2D eigenvalue weighted by Crippen LogP contribution is 2.29. The lowest BCUT2D eigenvalue weighted by molar-refractivity contribution is -0.140. The molecule has 0 heterocycles. The Hall–Kier alpha value is -1.56. The van der Waals surface area contributed by atoms with E-state index in [1.54, 1.807) is 6.07 Å². The summed E-state index contributed by atoms with van der Waals surface area (Å²) in [5.74, 6) is -0.197. The molecular weight excluding hydrogens is 295 g/mol. The van der Waals surface area contributed by atoms with Gasteiger partial charge in [-0.05, 0) is 44.0 Å². The van der Waals surface area contributed by atoms with Gasteiger partial charge >= 0.3 is 12.1 Å². The third-order valence-electron chi connectivity index (χ3n) is 3.31. The van der Waals surface area contributed by atoms with Crippen molar-refractivity contribution in [2.45, 2.75) is 38.3 Å². The van der Waals surface area contributed by atoms with E-state index in [2.05, 4.69) is 10.1 Å². The minimum atomic E-state index is -4.29. The van der Waals surface area contributed by atoms with E-state index in [1.807, 2.05) is 0 Å². The van der Waals surface area contributed by atoms with Crippen LogP contribution in [0.4, 0.5) is 13.2 Å². The number of ether oxygens (including phenoxy) is 1.